The van der Waals surface area contributed by atoms with Gasteiger partial charge < -0.3 is 4.90 Å². The second kappa shape index (κ2) is 5.08. The van der Waals surface area contributed by atoms with Crippen LogP contribution in [0.1, 0.15) is 21.5 Å². The third-order valence-corrected chi connectivity index (χ3v) is 2.45. The van der Waals surface area contributed by atoms with Crippen molar-refractivity contribution < 1.29 is 4.79 Å². The number of aryl methyl sites for hydroxylation is 2. The van der Waals surface area contributed by atoms with Gasteiger partial charge in [0.05, 0.1) is 0 Å². The van der Waals surface area contributed by atoms with E-state index in [4.69, 9.17) is 0 Å². The Morgan fingerprint density at radius 1 is 1.31 bits per heavy atom. The third-order valence-electron chi connectivity index (χ3n) is 2.45. The number of rotatable bonds is 4. The molecule has 0 N–H and O–H groups in total. The largest absolute Gasteiger partial charge is 0.305 e. The fourth-order valence-electron chi connectivity index (χ4n) is 1.71. The van der Waals surface area contributed by atoms with Crippen LogP contribution < -0.4 is 0 Å². The van der Waals surface area contributed by atoms with Crippen LogP contribution >= 0.6 is 0 Å². The van der Waals surface area contributed by atoms with Crippen LogP contribution in [-0.2, 0) is 0 Å². The van der Waals surface area contributed by atoms with Crippen molar-refractivity contribution in [3.05, 3.63) is 47.0 Å². The summed E-state index contributed by atoms with van der Waals surface area (Å²) in [7, 11) is 3.86. The summed E-state index contributed by atoms with van der Waals surface area (Å²) in [5, 5.41) is 0. The topological polar surface area (TPSA) is 20.3 Å². The zero-order valence-electron chi connectivity index (χ0n) is 10.5. The van der Waals surface area contributed by atoms with Crippen LogP contribution in [0.2, 0.25) is 0 Å². The second-order valence-electron chi connectivity index (χ2n) is 4.49. The summed E-state index contributed by atoms with van der Waals surface area (Å²) in [5.74, 6) is 0.0474. The normalized spacial score (nSPS) is 10.6. The molecule has 0 amide bonds. The van der Waals surface area contributed by atoms with Crippen molar-refractivity contribution in [2.45, 2.75) is 13.8 Å². The van der Waals surface area contributed by atoms with E-state index < -0.39 is 0 Å². The highest BCUT2D eigenvalue weighted by Gasteiger charge is 2.13. The molecule has 0 radical (unpaired) electrons. The fraction of sp³-hybridized carbons (Fsp3) is 0.357. The number of benzene rings is 1. The van der Waals surface area contributed by atoms with Crippen LogP contribution in [0.4, 0.5) is 0 Å². The van der Waals surface area contributed by atoms with E-state index in [9.17, 15) is 4.79 Å². The van der Waals surface area contributed by atoms with Gasteiger partial charge in [-0.3, -0.25) is 4.79 Å². The van der Waals surface area contributed by atoms with E-state index in [1.54, 1.807) is 0 Å². The predicted octanol–water partition coefficient (Wildman–Crippen LogP) is 2.60. The molecular weight excluding hydrogens is 198 g/mol. The predicted molar refractivity (Wildman–Crippen MR) is 67.9 cm³/mol. The molecule has 0 fully saturated rings. The molecule has 86 valence electrons. The average Bonchev–Trinajstić information content (AvgIpc) is 2.15. The van der Waals surface area contributed by atoms with Crippen LogP contribution in [0, 0.1) is 13.8 Å². The molecule has 0 aliphatic carbocycles. The number of carbonyl (C=O) groups is 1. The summed E-state index contributed by atoms with van der Waals surface area (Å²) in [6.45, 7) is 8.43. The van der Waals surface area contributed by atoms with Crippen LogP contribution in [-0.4, -0.2) is 31.3 Å². The Labute approximate surface area is 97.6 Å². The molecule has 1 rings (SSSR count). The quantitative estimate of drug-likeness (QED) is 0.571. The van der Waals surface area contributed by atoms with Crippen molar-refractivity contribution in [3.8, 4) is 0 Å². The zero-order valence-corrected chi connectivity index (χ0v) is 10.5. The molecule has 16 heavy (non-hydrogen) atoms. The number of nitrogens with zero attached hydrogens (tertiary/aromatic N) is 1. The minimum absolute atomic E-state index is 0.0474. The highest BCUT2D eigenvalue weighted by Crippen LogP contribution is 2.14. The van der Waals surface area contributed by atoms with Crippen molar-refractivity contribution in [1.29, 1.82) is 0 Å². The number of hydrogen-bond acceptors (Lipinski definition) is 2. The molecular formula is C14H19NO. The highest BCUT2D eigenvalue weighted by molar-refractivity contribution is 6.09. The molecule has 2 heteroatoms. The zero-order chi connectivity index (χ0) is 12.3. The molecule has 0 atom stereocenters. The minimum atomic E-state index is 0.0474. The summed E-state index contributed by atoms with van der Waals surface area (Å²) in [6.07, 6.45) is 0. The first-order valence-electron chi connectivity index (χ1n) is 5.36. The van der Waals surface area contributed by atoms with Gasteiger partial charge in [0.1, 0.15) is 0 Å². The number of hydrogen-bond donors (Lipinski definition) is 0. The molecule has 0 spiro atoms. The van der Waals surface area contributed by atoms with Crippen molar-refractivity contribution >= 4 is 5.78 Å². The van der Waals surface area contributed by atoms with E-state index in [-0.39, 0.29) is 5.78 Å². The van der Waals surface area contributed by atoms with Crippen molar-refractivity contribution in [2.24, 2.45) is 0 Å². The molecule has 0 bridgehead atoms. The van der Waals surface area contributed by atoms with E-state index >= 15 is 0 Å². The summed E-state index contributed by atoms with van der Waals surface area (Å²) in [5.41, 5.74) is 3.59. The summed E-state index contributed by atoms with van der Waals surface area (Å²) in [6, 6.07) is 5.87. The van der Waals surface area contributed by atoms with Gasteiger partial charge >= 0.3 is 0 Å². The van der Waals surface area contributed by atoms with Crippen molar-refractivity contribution in [1.82, 2.24) is 4.90 Å². The van der Waals surface area contributed by atoms with Crippen LogP contribution in [0.15, 0.2) is 30.4 Å². The lowest BCUT2D eigenvalue weighted by molar-refractivity contribution is 0.102. The Kier molecular flexibility index (Phi) is 4.02. The first-order valence-corrected chi connectivity index (χ1v) is 5.36. The molecule has 0 aliphatic heterocycles. The lowest BCUT2D eigenvalue weighted by Crippen LogP contribution is -2.19. The fourth-order valence-corrected chi connectivity index (χ4v) is 1.71. The molecule has 1 aromatic rings. The summed E-state index contributed by atoms with van der Waals surface area (Å²) >= 11 is 0. The van der Waals surface area contributed by atoms with Crippen molar-refractivity contribution in [3.63, 3.8) is 0 Å². The van der Waals surface area contributed by atoms with Crippen LogP contribution in [0.5, 0.6) is 0 Å². The maximum atomic E-state index is 12.1. The van der Waals surface area contributed by atoms with Crippen LogP contribution in [0.3, 0.4) is 0 Å². The van der Waals surface area contributed by atoms with Crippen LogP contribution in [0.25, 0.3) is 0 Å². The molecule has 0 saturated carbocycles. The Morgan fingerprint density at radius 3 is 2.44 bits per heavy atom. The lowest BCUT2D eigenvalue weighted by Gasteiger charge is -2.12. The number of ketones is 1. The van der Waals surface area contributed by atoms with Gasteiger partial charge in [0, 0.05) is 17.7 Å². The van der Waals surface area contributed by atoms with Gasteiger partial charge in [-0.2, -0.15) is 0 Å². The monoisotopic (exact) mass is 217 g/mol. The minimum Gasteiger partial charge on any atom is -0.305 e. The van der Waals surface area contributed by atoms with E-state index in [1.165, 1.54) is 5.56 Å². The lowest BCUT2D eigenvalue weighted by atomic mass is 9.98. The van der Waals surface area contributed by atoms with E-state index in [2.05, 4.69) is 6.58 Å². The highest BCUT2D eigenvalue weighted by atomic mass is 16.1. The van der Waals surface area contributed by atoms with Gasteiger partial charge in [-0.05, 0) is 33.5 Å². The molecule has 0 heterocycles. The summed E-state index contributed by atoms with van der Waals surface area (Å²) < 4.78 is 0. The number of Topliss-reactive ketones (excluding diaryl/α,β-unsaturated/α-hetero) is 1. The number of carbonyl (C=O) groups excluding carboxylic acids is 1. The molecule has 0 unspecified atom stereocenters. The van der Waals surface area contributed by atoms with Crippen molar-refractivity contribution in [2.75, 3.05) is 20.6 Å². The molecule has 2 nitrogen and oxygen atoms in total. The maximum absolute atomic E-state index is 12.1. The Morgan fingerprint density at radius 2 is 1.94 bits per heavy atom. The van der Waals surface area contributed by atoms with Gasteiger partial charge in [0.15, 0.2) is 5.78 Å². The van der Waals surface area contributed by atoms with Gasteiger partial charge in [-0.15, -0.1) is 0 Å². The first kappa shape index (κ1) is 12.7. The second-order valence-corrected chi connectivity index (χ2v) is 4.49. The summed E-state index contributed by atoms with van der Waals surface area (Å²) in [4.78, 5) is 14.0. The standard InChI is InChI=1S/C14H19NO/c1-10-6-7-13(11(2)8-10)14(16)12(3)9-15(4)5/h6-8H,3,9H2,1-2,4-5H3. The molecule has 0 aromatic heterocycles. The Hall–Kier alpha value is -1.41. The SMILES string of the molecule is C=C(CN(C)C)C(=O)c1ccc(C)cc1C. The Balaban J connectivity index is 2.92. The van der Waals surface area contributed by atoms with Gasteiger partial charge in [-0.1, -0.05) is 30.3 Å². The third kappa shape index (κ3) is 3.04. The molecule has 0 aliphatic rings. The molecule has 1 aromatic carbocycles. The average molecular weight is 217 g/mol. The smallest absolute Gasteiger partial charge is 0.189 e. The Bertz CT molecular complexity index is 419. The maximum Gasteiger partial charge on any atom is 0.189 e. The van der Waals surface area contributed by atoms with E-state index in [0.29, 0.717) is 12.1 Å². The van der Waals surface area contributed by atoms with E-state index in [0.717, 1.165) is 11.1 Å². The number of likely N-dealkylation sites (N-methyl/N-ethyl adjacent to an activating group) is 1. The van der Waals surface area contributed by atoms with Gasteiger partial charge in [0.2, 0.25) is 0 Å². The first-order chi connectivity index (χ1) is 7.41. The molecule has 0 saturated heterocycles. The van der Waals surface area contributed by atoms with Gasteiger partial charge in [-0.25, -0.2) is 0 Å². The van der Waals surface area contributed by atoms with Gasteiger partial charge in [0.25, 0.3) is 0 Å². The van der Waals surface area contributed by atoms with E-state index in [1.807, 2.05) is 51.0 Å².